The molecule has 1 aromatic heterocycles. The highest BCUT2D eigenvalue weighted by atomic mass is 15.1. The first-order chi connectivity index (χ1) is 8.19. The molecule has 3 nitrogen and oxygen atoms in total. The van der Waals surface area contributed by atoms with Gasteiger partial charge in [0.15, 0.2) is 0 Å². The van der Waals surface area contributed by atoms with Gasteiger partial charge in [0.1, 0.15) is 0 Å². The van der Waals surface area contributed by atoms with Crippen LogP contribution in [-0.2, 0) is 0 Å². The smallest absolute Gasteiger partial charge is 0.0648 e. The van der Waals surface area contributed by atoms with Crippen LogP contribution >= 0.6 is 0 Å². The van der Waals surface area contributed by atoms with Crippen molar-refractivity contribution in [1.82, 2.24) is 15.5 Å². The molecular weight excluding hydrogens is 210 g/mol. The van der Waals surface area contributed by atoms with Crippen LogP contribution in [0.1, 0.15) is 49.2 Å². The molecule has 0 fully saturated rings. The normalized spacial score (nSPS) is 12.4. The molecule has 1 aromatic rings. The number of rotatable bonds is 7. The summed E-state index contributed by atoms with van der Waals surface area (Å²) in [5, 5.41) is 11.9. The molecule has 0 bridgehead atoms. The zero-order chi connectivity index (χ0) is 12.7. The Morgan fingerprint density at radius 3 is 2.82 bits per heavy atom. The van der Waals surface area contributed by atoms with Crippen LogP contribution in [0.3, 0.4) is 0 Å². The highest BCUT2D eigenvalue weighted by Crippen LogP contribution is 2.21. The predicted octanol–water partition coefficient (Wildman–Crippen LogP) is 3.10. The number of nitrogens with one attached hydrogen (secondary N) is 1. The Morgan fingerprint density at radius 1 is 1.41 bits per heavy atom. The van der Waals surface area contributed by atoms with Gasteiger partial charge in [0.2, 0.25) is 0 Å². The van der Waals surface area contributed by atoms with E-state index in [0.29, 0.717) is 6.04 Å². The number of aromatic nitrogens is 2. The van der Waals surface area contributed by atoms with Crippen LogP contribution in [0.25, 0.3) is 0 Å². The Bertz CT molecular complexity index is 360. The minimum atomic E-state index is 0.363. The van der Waals surface area contributed by atoms with Crippen molar-refractivity contribution in [2.45, 2.75) is 46.1 Å². The van der Waals surface area contributed by atoms with Crippen molar-refractivity contribution >= 4 is 0 Å². The molecule has 1 atom stereocenters. The lowest BCUT2D eigenvalue weighted by Crippen LogP contribution is -2.23. The molecule has 0 amide bonds. The van der Waals surface area contributed by atoms with Crippen LogP contribution in [-0.4, -0.2) is 16.7 Å². The molecule has 0 saturated carbocycles. The number of nitrogens with zero attached hydrogens (tertiary/aromatic N) is 2. The van der Waals surface area contributed by atoms with Crippen LogP contribution in [0.2, 0.25) is 0 Å². The lowest BCUT2D eigenvalue weighted by molar-refractivity contribution is 0.497. The van der Waals surface area contributed by atoms with E-state index in [-0.39, 0.29) is 0 Å². The summed E-state index contributed by atoms with van der Waals surface area (Å²) in [7, 11) is 0. The van der Waals surface area contributed by atoms with Crippen molar-refractivity contribution in [2.24, 2.45) is 0 Å². The second-order valence-electron chi connectivity index (χ2n) is 4.40. The molecule has 1 heterocycles. The summed E-state index contributed by atoms with van der Waals surface area (Å²) in [5.41, 5.74) is 3.27. The van der Waals surface area contributed by atoms with Crippen molar-refractivity contribution in [3.8, 4) is 0 Å². The monoisotopic (exact) mass is 233 g/mol. The summed E-state index contributed by atoms with van der Waals surface area (Å²) in [6.45, 7) is 11.0. The lowest BCUT2D eigenvalue weighted by Gasteiger charge is -2.19. The molecule has 0 aliphatic rings. The topological polar surface area (TPSA) is 37.8 Å². The van der Waals surface area contributed by atoms with Gasteiger partial charge >= 0.3 is 0 Å². The summed E-state index contributed by atoms with van der Waals surface area (Å²) in [4.78, 5) is 0. The highest BCUT2D eigenvalue weighted by Gasteiger charge is 2.13. The first kappa shape index (κ1) is 13.8. The number of aryl methyl sites for hydroxylation is 2. The fraction of sp³-hybridized carbons (Fsp3) is 0.571. The van der Waals surface area contributed by atoms with Gasteiger partial charge in [-0.05, 0) is 51.3 Å². The van der Waals surface area contributed by atoms with E-state index < -0.39 is 0 Å². The standard InChI is InChI=1S/C14H23N3/c1-5-7-8-14(15-9-6-2)13-10-11(3)16-17-12(13)4/h5,10,14-15H,1,6-9H2,2-4H3. The van der Waals surface area contributed by atoms with Gasteiger partial charge in [-0.1, -0.05) is 13.0 Å². The van der Waals surface area contributed by atoms with E-state index in [1.807, 2.05) is 19.9 Å². The van der Waals surface area contributed by atoms with E-state index in [4.69, 9.17) is 0 Å². The van der Waals surface area contributed by atoms with Gasteiger partial charge in [-0.25, -0.2) is 0 Å². The molecular formula is C14H23N3. The van der Waals surface area contributed by atoms with Crippen molar-refractivity contribution in [3.63, 3.8) is 0 Å². The van der Waals surface area contributed by atoms with E-state index in [0.717, 1.165) is 37.2 Å². The maximum Gasteiger partial charge on any atom is 0.0648 e. The number of hydrogen-bond donors (Lipinski definition) is 1. The Hall–Kier alpha value is -1.22. The third kappa shape index (κ3) is 4.27. The summed E-state index contributed by atoms with van der Waals surface area (Å²) in [6.07, 6.45) is 5.19. The van der Waals surface area contributed by atoms with Gasteiger partial charge in [-0.15, -0.1) is 6.58 Å². The first-order valence-corrected chi connectivity index (χ1v) is 6.34. The average molecular weight is 233 g/mol. The Labute approximate surface area is 104 Å². The summed E-state index contributed by atoms with van der Waals surface area (Å²) >= 11 is 0. The quantitative estimate of drug-likeness (QED) is 0.735. The molecule has 0 aliphatic heterocycles. The van der Waals surface area contributed by atoms with Crippen molar-refractivity contribution in [3.05, 3.63) is 35.7 Å². The summed E-state index contributed by atoms with van der Waals surface area (Å²) < 4.78 is 0. The van der Waals surface area contributed by atoms with Crippen molar-refractivity contribution < 1.29 is 0 Å². The highest BCUT2D eigenvalue weighted by molar-refractivity contribution is 5.23. The molecule has 0 spiro atoms. The van der Waals surface area contributed by atoms with E-state index in [1.165, 1.54) is 5.56 Å². The zero-order valence-corrected chi connectivity index (χ0v) is 11.2. The number of allylic oxidation sites excluding steroid dienone is 1. The van der Waals surface area contributed by atoms with Gasteiger partial charge in [0.25, 0.3) is 0 Å². The second kappa shape index (κ2) is 7.17. The largest absolute Gasteiger partial charge is 0.310 e. The minimum absolute atomic E-state index is 0.363. The van der Waals surface area contributed by atoms with E-state index >= 15 is 0 Å². The molecule has 1 N–H and O–H groups in total. The average Bonchev–Trinajstić information content (AvgIpc) is 2.33. The molecule has 0 aliphatic carbocycles. The second-order valence-corrected chi connectivity index (χ2v) is 4.40. The van der Waals surface area contributed by atoms with Gasteiger partial charge in [-0.2, -0.15) is 10.2 Å². The van der Waals surface area contributed by atoms with Crippen LogP contribution in [0.15, 0.2) is 18.7 Å². The van der Waals surface area contributed by atoms with E-state index in [1.54, 1.807) is 0 Å². The Kier molecular flexibility index (Phi) is 5.84. The Morgan fingerprint density at radius 2 is 2.18 bits per heavy atom. The molecule has 94 valence electrons. The van der Waals surface area contributed by atoms with E-state index in [2.05, 4.69) is 35.1 Å². The maximum atomic E-state index is 4.20. The Balaban J connectivity index is 2.85. The molecule has 3 heteroatoms. The predicted molar refractivity (Wildman–Crippen MR) is 72.0 cm³/mol. The van der Waals surface area contributed by atoms with Crippen LogP contribution in [0, 0.1) is 13.8 Å². The maximum absolute atomic E-state index is 4.20. The lowest BCUT2D eigenvalue weighted by atomic mass is 10.0. The van der Waals surface area contributed by atoms with Gasteiger partial charge in [0.05, 0.1) is 11.4 Å². The molecule has 0 radical (unpaired) electrons. The van der Waals surface area contributed by atoms with Gasteiger partial charge < -0.3 is 5.32 Å². The molecule has 17 heavy (non-hydrogen) atoms. The fourth-order valence-electron chi connectivity index (χ4n) is 1.89. The van der Waals surface area contributed by atoms with Crippen LogP contribution < -0.4 is 5.32 Å². The fourth-order valence-corrected chi connectivity index (χ4v) is 1.89. The molecule has 1 rings (SSSR count). The minimum Gasteiger partial charge on any atom is -0.310 e. The zero-order valence-electron chi connectivity index (χ0n) is 11.2. The SMILES string of the molecule is C=CCCC(NCCC)c1cc(C)nnc1C. The van der Waals surface area contributed by atoms with E-state index in [9.17, 15) is 0 Å². The van der Waals surface area contributed by atoms with Crippen LogP contribution in [0.5, 0.6) is 0 Å². The molecule has 0 aromatic carbocycles. The van der Waals surface area contributed by atoms with Gasteiger partial charge in [0, 0.05) is 6.04 Å². The summed E-state index contributed by atoms with van der Waals surface area (Å²) in [5.74, 6) is 0. The molecule has 0 saturated heterocycles. The van der Waals surface area contributed by atoms with Gasteiger partial charge in [-0.3, -0.25) is 0 Å². The first-order valence-electron chi connectivity index (χ1n) is 6.34. The van der Waals surface area contributed by atoms with Crippen molar-refractivity contribution in [2.75, 3.05) is 6.54 Å². The van der Waals surface area contributed by atoms with Crippen LogP contribution in [0.4, 0.5) is 0 Å². The third-order valence-electron chi connectivity index (χ3n) is 2.82. The number of hydrogen-bond acceptors (Lipinski definition) is 3. The van der Waals surface area contributed by atoms with Crippen molar-refractivity contribution in [1.29, 1.82) is 0 Å². The molecule has 1 unspecified atom stereocenters. The third-order valence-corrected chi connectivity index (χ3v) is 2.82. The summed E-state index contributed by atoms with van der Waals surface area (Å²) in [6, 6.07) is 2.50.